The predicted molar refractivity (Wildman–Crippen MR) is 75.0 cm³/mol. The molecule has 1 aliphatic heterocycles. The molecule has 6 heteroatoms. The first kappa shape index (κ1) is 13.5. The van der Waals surface area contributed by atoms with E-state index in [-0.39, 0.29) is 19.1 Å². The molecule has 0 radical (unpaired) electrons. The highest BCUT2D eigenvalue weighted by Crippen LogP contribution is 2.19. The molecule has 0 saturated carbocycles. The maximum Gasteiger partial charge on any atom is 0.334 e. The van der Waals surface area contributed by atoms with Crippen molar-refractivity contribution in [2.75, 3.05) is 19.7 Å². The lowest BCUT2D eigenvalue weighted by Crippen LogP contribution is -2.48. The number of amides is 1. The smallest absolute Gasteiger partial charge is 0.334 e. The van der Waals surface area contributed by atoms with Gasteiger partial charge in [-0.15, -0.1) is 0 Å². The summed E-state index contributed by atoms with van der Waals surface area (Å²) in [6, 6.07) is 8.96. The molecule has 108 valence electrons. The molecular formula is C15H14N2O4. The van der Waals surface area contributed by atoms with Gasteiger partial charge in [0.25, 0.3) is 5.91 Å². The normalized spacial score (nSPS) is 18.7. The summed E-state index contributed by atoms with van der Waals surface area (Å²) in [5, 5.41) is 9.77. The van der Waals surface area contributed by atoms with Crippen molar-refractivity contribution in [3.05, 3.63) is 42.1 Å². The first-order chi connectivity index (χ1) is 10.2. The molecule has 0 spiro atoms. The highest BCUT2D eigenvalue weighted by Gasteiger charge is 2.29. The Kier molecular flexibility index (Phi) is 3.53. The molecule has 2 heterocycles. The summed E-state index contributed by atoms with van der Waals surface area (Å²) in [6.07, 6.45) is 0.710. The number of nitrogens with zero attached hydrogens (tertiary/aromatic N) is 2. The van der Waals surface area contributed by atoms with Gasteiger partial charge in [-0.1, -0.05) is 12.1 Å². The SMILES string of the molecule is O=C(O)C1CN(C(=O)c2cccc3ncccc23)CCO1. The van der Waals surface area contributed by atoms with Gasteiger partial charge in [0.2, 0.25) is 0 Å². The van der Waals surface area contributed by atoms with Crippen molar-refractivity contribution in [3.8, 4) is 0 Å². The second-order valence-corrected chi connectivity index (χ2v) is 4.82. The minimum absolute atomic E-state index is 0.0603. The molecule has 1 aromatic heterocycles. The molecule has 1 N–H and O–H groups in total. The number of hydrogen-bond acceptors (Lipinski definition) is 4. The van der Waals surface area contributed by atoms with E-state index in [2.05, 4.69) is 4.98 Å². The monoisotopic (exact) mass is 286 g/mol. The van der Waals surface area contributed by atoms with E-state index in [1.165, 1.54) is 4.90 Å². The summed E-state index contributed by atoms with van der Waals surface area (Å²) in [6.45, 7) is 0.676. The Bertz CT molecular complexity index is 696. The molecule has 6 nitrogen and oxygen atoms in total. The van der Waals surface area contributed by atoms with Crippen molar-refractivity contribution in [2.24, 2.45) is 0 Å². The lowest BCUT2D eigenvalue weighted by molar-refractivity contribution is -0.154. The molecule has 1 atom stereocenters. The van der Waals surface area contributed by atoms with Crippen molar-refractivity contribution in [1.82, 2.24) is 9.88 Å². The van der Waals surface area contributed by atoms with Gasteiger partial charge in [-0.25, -0.2) is 4.79 Å². The first-order valence-corrected chi connectivity index (χ1v) is 6.64. The second-order valence-electron chi connectivity index (χ2n) is 4.82. The topological polar surface area (TPSA) is 79.7 Å². The van der Waals surface area contributed by atoms with Crippen molar-refractivity contribution < 1.29 is 19.4 Å². The number of pyridine rings is 1. The van der Waals surface area contributed by atoms with E-state index in [0.29, 0.717) is 12.1 Å². The number of aromatic nitrogens is 1. The van der Waals surface area contributed by atoms with E-state index < -0.39 is 12.1 Å². The van der Waals surface area contributed by atoms with Gasteiger partial charge in [-0.2, -0.15) is 0 Å². The van der Waals surface area contributed by atoms with Gasteiger partial charge < -0.3 is 14.7 Å². The summed E-state index contributed by atoms with van der Waals surface area (Å²) in [5.41, 5.74) is 1.28. The van der Waals surface area contributed by atoms with Gasteiger partial charge in [-0.3, -0.25) is 9.78 Å². The van der Waals surface area contributed by atoms with Crippen molar-refractivity contribution in [3.63, 3.8) is 0 Å². The van der Waals surface area contributed by atoms with Crippen LogP contribution in [-0.2, 0) is 9.53 Å². The highest BCUT2D eigenvalue weighted by atomic mass is 16.5. The maximum absolute atomic E-state index is 12.6. The number of aliphatic carboxylic acids is 1. The summed E-state index contributed by atoms with van der Waals surface area (Å²) in [5.74, 6) is -1.24. The van der Waals surface area contributed by atoms with Crippen LogP contribution >= 0.6 is 0 Å². The summed E-state index contributed by atoms with van der Waals surface area (Å²) < 4.78 is 5.14. The van der Waals surface area contributed by atoms with Crippen LogP contribution in [0.25, 0.3) is 10.9 Å². The Hall–Kier alpha value is -2.47. The van der Waals surface area contributed by atoms with Gasteiger partial charge in [0.05, 0.1) is 18.7 Å². The van der Waals surface area contributed by atoms with E-state index in [1.54, 1.807) is 24.4 Å². The zero-order chi connectivity index (χ0) is 14.8. The number of carboxylic acid groups (broad SMARTS) is 1. The Balaban J connectivity index is 1.92. The van der Waals surface area contributed by atoms with E-state index in [4.69, 9.17) is 9.84 Å². The van der Waals surface area contributed by atoms with E-state index in [0.717, 1.165) is 10.9 Å². The third-order valence-corrected chi connectivity index (χ3v) is 3.51. The number of carbonyl (C=O) groups is 2. The third-order valence-electron chi connectivity index (χ3n) is 3.51. The molecule has 1 fully saturated rings. The van der Waals surface area contributed by atoms with Crippen LogP contribution in [0.2, 0.25) is 0 Å². The van der Waals surface area contributed by atoms with Crippen molar-refractivity contribution >= 4 is 22.8 Å². The average molecular weight is 286 g/mol. The highest BCUT2D eigenvalue weighted by molar-refractivity contribution is 6.06. The van der Waals surface area contributed by atoms with Crippen LogP contribution < -0.4 is 0 Å². The number of ether oxygens (including phenoxy) is 1. The minimum atomic E-state index is -1.05. The van der Waals surface area contributed by atoms with Crippen LogP contribution in [0.4, 0.5) is 0 Å². The molecule has 1 aliphatic rings. The molecule has 0 aliphatic carbocycles. The number of hydrogen-bond donors (Lipinski definition) is 1. The maximum atomic E-state index is 12.6. The average Bonchev–Trinajstić information content (AvgIpc) is 2.53. The molecule has 1 saturated heterocycles. The molecule has 1 amide bonds. The van der Waals surface area contributed by atoms with Gasteiger partial charge >= 0.3 is 5.97 Å². The fourth-order valence-corrected chi connectivity index (χ4v) is 2.44. The Labute approximate surface area is 121 Å². The van der Waals surface area contributed by atoms with Gasteiger partial charge in [0.15, 0.2) is 6.10 Å². The Morgan fingerprint density at radius 1 is 1.29 bits per heavy atom. The minimum Gasteiger partial charge on any atom is -0.479 e. The van der Waals surface area contributed by atoms with Gasteiger partial charge in [0.1, 0.15) is 0 Å². The molecule has 21 heavy (non-hydrogen) atoms. The number of carboxylic acids is 1. The summed E-state index contributed by atoms with van der Waals surface area (Å²) in [7, 11) is 0. The van der Waals surface area contributed by atoms with Crippen LogP contribution in [0.1, 0.15) is 10.4 Å². The second kappa shape index (κ2) is 5.49. The Morgan fingerprint density at radius 3 is 2.95 bits per heavy atom. The molecule has 2 aromatic rings. The molecular weight excluding hydrogens is 272 g/mol. The largest absolute Gasteiger partial charge is 0.479 e. The zero-order valence-electron chi connectivity index (χ0n) is 11.2. The number of morpholine rings is 1. The fraction of sp³-hybridized carbons (Fsp3) is 0.267. The quantitative estimate of drug-likeness (QED) is 0.896. The fourth-order valence-electron chi connectivity index (χ4n) is 2.44. The predicted octanol–water partition coefficient (Wildman–Crippen LogP) is 1.16. The number of rotatable bonds is 2. The summed E-state index contributed by atoms with van der Waals surface area (Å²) in [4.78, 5) is 29.4. The van der Waals surface area contributed by atoms with Crippen LogP contribution in [0.5, 0.6) is 0 Å². The number of carbonyl (C=O) groups excluding carboxylic acids is 1. The number of benzene rings is 1. The summed E-state index contributed by atoms with van der Waals surface area (Å²) >= 11 is 0. The van der Waals surface area contributed by atoms with Crippen LogP contribution in [-0.4, -0.2) is 52.7 Å². The lowest BCUT2D eigenvalue weighted by Gasteiger charge is -2.31. The van der Waals surface area contributed by atoms with Crippen molar-refractivity contribution in [2.45, 2.75) is 6.10 Å². The molecule has 1 unspecified atom stereocenters. The Morgan fingerprint density at radius 2 is 2.14 bits per heavy atom. The first-order valence-electron chi connectivity index (χ1n) is 6.64. The standard InChI is InChI=1S/C15H14N2O4/c18-14(17-7-8-21-13(9-17)15(19)20)11-3-1-5-12-10(11)4-2-6-16-12/h1-6,13H,7-9H2,(H,19,20). The third kappa shape index (κ3) is 2.57. The van der Waals surface area contributed by atoms with E-state index in [1.807, 2.05) is 12.1 Å². The number of fused-ring (bicyclic) bond motifs is 1. The molecule has 0 bridgehead atoms. The molecule has 3 rings (SSSR count). The zero-order valence-corrected chi connectivity index (χ0v) is 11.2. The van der Waals surface area contributed by atoms with Gasteiger partial charge in [-0.05, 0) is 18.2 Å². The van der Waals surface area contributed by atoms with Gasteiger partial charge in [0, 0.05) is 23.7 Å². The van der Waals surface area contributed by atoms with Crippen molar-refractivity contribution in [1.29, 1.82) is 0 Å². The van der Waals surface area contributed by atoms with Crippen LogP contribution in [0.3, 0.4) is 0 Å². The van der Waals surface area contributed by atoms with E-state index >= 15 is 0 Å². The molecule has 1 aromatic carbocycles. The van der Waals surface area contributed by atoms with E-state index in [9.17, 15) is 9.59 Å². The lowest BCUT2D eigenvalue weighted by atomic mass is 10.1. The van der Waals surface area contributed by atoms with Crippen LogP contribution in [0, 0.1) is 0 Å². The van der Waals surface area contributed by atoms with Crippen LogP contribution in [0.15, 0.2) is 36.5 Å².